The maximum absolute atomic E-state index is 5.97. The number of hydrogen-bond donors (Lipinski definition) is 2. The summed E-state index contributed by atoms with van der Waals surface area (Å²) in [4.78, 5) is 9.51. The predicted molar refractivity (Wildman–Crippen MR) is 134 cm³/mol. The summed E-state index contributed by atoms with van der Waals surface area (Å²) in [5.74, 6) is 1.83. The van der Waals surface area contributed by atoms with Crippen molar-refractivity contribution in [3.8, 4) is 5.75 Å². The topological polar surface area (TPSA) is 52.1 Å². The van der Waals surface area contributed by atoms with E-state index in [1.165, 1.54) is 38.9 Å². The Bertz CT molecular complexity index is 588. The second-order valence-corrected chi connectivity index (χ2v) is 7.71. The number of ether oxygens (including phenoxy) is 1. The Balaban J connectivity index is 0.00000420. The molecule has 0 amide bonds. The molecule has 0 bridgehead atoms. The average Bonchev–Trinajstić information content (AvgIpc) is 2.68. The van der Waals surface area contributed by atoms with Gasteiger partial charge in [-0.15, -0.1) is 24.0 Å². The van der Waals surface area contributed by atoms with E-state index in [-0.39, 0.29) is 24.0 Å². The van der Waals surface area contributed by atoms with Gasteiger partial charge in [-0.25, -0.2) is 4.99 Å². The Kier molecular flexibility index (Phi) is 13.3. The first-order valence-electron chi connectivity index (χ1n) is 10.7. The van der Waals surface area contributed by atoms with Gasteiger partial charge in [0.15, 0.2) is 5.96 Å². The Labute approximate surface area is 194 Å². The quantitative estimate of drug-likeness (QED) is 0.284. The molecule has 166 valence electrons. The minimum atomic E-state index is 0. The molecule has 0 saturated carbocycles. The molecule has 29 heavy (non-hydrogen) atoms. The van der Waals surface area contributed by atoms with Crippen LogP contribution in [0.5, 0.6) is 5.75 Å². The highest BCUT2D eigenvalue weighted by molar-refractivity contribution is 14.0. The molecule has 1 saturated heterocycles. The summed E-state index contributed by atoms with van der Waals surface area (Å²) < 4.78 is 5.97. The monoisotopic (exact) mass is 517 g/mol. The van der Waals surface area contributed by atoms with Crippen molar-refractivity contribution in [1.82, 2.24) is 20.4 Å². The summed E-state index contributed by atoms with van der Waals surface area (Å²) in [5.41, 5.74) is 1.12. The van der Waals surface area contributed by atoms with Crippen LogP contribution in [0.4, 0.5) is 0 Å². The molecule has 0 spiro atoms. The molecular formula is C22H40IN5O. The van der Waals surface area contributed by atoms with Crippen LogP contribution in [0.1, 0.15) is 38.7 Å². The van der Waals surface area contributed by atoms with E-state index in [4.69, 9.17) is 9.73 Å². The van der Waals surface area contributed by atoms with Crippen molar-refractivity contribution >= 4 is 29.9 Å². The minimum Gasteiger partial charge on any atom is -0.492 e. The van der Waals surface area contributed by atoms with Crippen LogP contribution in [-0.4, -0.2) is 75.2 Å². The molecule has 6 nitrogen and oxygen atoms in total. The number of likely N-dealkylation sites (tertiary alicyclic amines) is 1. The van der Waals surface area contributed by atoms with Crippen LogP contribution >= 0.6 is 24.0 Å². The normalized spacial score (nSPS) is 15.8. The highest BCUT2D eigenvalue weighted by atomic mass is 127. The molecule has 0 unspecified atom stereocenters. The van der Waals surface area contributed by atoms with Gasteiger partial charge in [0.25, 0.3) is 0 Å². The number of piperidine rings is 1. The number of para-hydroxylation sites is 1. The lowest BCUT2D eigenvalue weighted by atomic mass is 10.1. The minimum absolute atomic E-state index is 0. The number of hydrogen-bond acceptors (Lipinski definition) is 4. The van der Waals surface area contributed by atoms with Gasteiger partial charge in [-0.05, 0) is 52.9 Å². The highest BCUT2D eigenvalue weighted by Gasteiger charge is 2.19. The molecule has 2 rings (SSSR count). The second-order valence-electron chi connectivity index (χ2n) is 7.71. The van der Waals surface area contributed by atoms with Crippen molar-refractivity contribution in [2.24, 2.45) is 4.99 Å². The van der Waals surface area contributed by atoms with Gasteiger partial charge in [-0.2, -0.15) is 0 Å². The van der Waals surface area contributed by atoms with Gasteiger partial charge in [0, 0.05) is 37.8 Å². The van der Waals surface area contributed by atoms with Gasteiger partial charge < -0.3 is 25.2 Å². The van der Waals surface area contributed by atoms with Gasteiger partial charge in [-0.3, -0.25) is 0 Å². The largest absolute Gasteiger partial charge is 0.492 e. The fourth-order valence-electron chi connectivity index (χ4n) is 3.41. The number of nitrogens with zero attached hydrogens (tertiary/aromatic N) is 3. The number of nitrogens with one attached hydrogen (secondary N) is 2. The lowest BCUT2D eigenvalue weighted by molar-refractivity contribution is 0.206. The van der Waals surface area contributed by atoms with E-state index < -0.39 is 0 Å². The highest BCUT2D eigenvalue weighted by Crippen LogP contribution is 2.19. The number of halogens is 1. The van der Waals surface area contributed by atoms with Gasteiger partial charge >= 0.3 is 0 Å². The summed E-state index contributed by atoms with van der Waals surface area (Å²) in [7, 11) is 4.11. The van der Waals surface area contributed by atoms with Crippen molar-refractivity contribution in [3.63, 3.8) is 0 Å². The third-order valence-electron chi connectivity index (χ3n) is 4.99. The van der Waals surface area contributed by atoms with E-state index in [1.807, 2.05) is 18.2 Å². The molecule has 1 aromatic carbocycles. The van der Waals surface area contributed by atoms with Crippen LogP contribution in [-0.2, 0) is 6.54 Å². The standard InChI is InChI=1S/C22H39N5O.HI/c1-5-13-27-14-11-20(12-15-27)25-22(23-6-2)24-18-19-9-7-8-10-21(19)28-17-16-26(3)4;/h7-10,20H,5-6,11-18H2,1-4H3,(H2,23,24,25);1H. The van der Waals surface area contributed by atoms with E-state index >= 15 is 0 Å². The summed E-state index contributed by atoms with van der Waals surface area (Å²) in [5, 5.41) is 7.02. The van der Waals surface area contributed by atoms with Crippen LogP contribution in [0.15, 0.2) is 29.3 Å². The summed E-state index contributed by atoms with van der Waals surface area (Å²) >= 11 is 0. The van der Waals surface area contributed by atoms with E-state index in [1.54, 1.807) is 0 Å². The smallest absolute Gasteiger partial charge is 0.191 e. The van der Waals surface area contributed by atoms with Crippen LogP contribution in [0.3, 0.4) is 0 Å². The summed E-state index contributed by atoms with van der Waals surface area (Å²) in [6.07, 6.45) is 3.58. The molecule has 0 radical (unpaired) electrons. The molecule has 1 aliphatic rings. The zero-order valence-electron chi connectivity index (χ0n) is 18.6. The molecule has 0 atom stereocenters. The number of likely N-dealkylation sites (N-methyl/N-ethyl adjacent to an activating group) is 1. The van der Waals surface area contributed by atoms with Crippen molar-refractivity contribution in [3.05, 3.63) is 29.8 Å². The Morgan fingerprint density at radius 1 is 1.21 bits per heavy atom. The Hall–Kier alpha value is -1.06. The molecule has 0 aromatic heterocycles. The van der Waals surface area contributed by atoms with Gasteiger partial charge in [0.1, 0.15) is 12.4 Å². The van der Waals surface area contributed by atoms with Gasteiger partial charge in [0.05, 0.1) is 6.54 Å². The SMILES string of the molecule is CCCN1CCC(NC(=NCc2ccccc2OCCN(C)C)NCC)CC1.I. The van der Waals surface area contributed by atoms with Crippen LogP contribution < -0.4 is 15.4 Å². The lowest BCUT2D eigenvalue weighted by Crippen LogP contribution is -2.48. The number of aliphatic imine (C=N–C) groups is 1. The zero-order chi connectivity index (χ0) is 20.2. The first kappa shape index (κ1) is 26.0. The first-order valence-corrected chi connectivity index (χ1v) is 10.7. The van der Waals surface area contributed by atoms with E-state index in [9.17, 15) is 0 Å². The number of guanidine groups is 1. The Morgan fingerprint density at radius 2 is 1.93 bits per heavy atom. The van der Waals surface area contributed by atoms with E-state index in [2.05, 4.69) is 54.4 Å². The van der Waals surface area contributed by atoms with Crippen molar-refractivity contribution in [1.29, 1.82) is 0 Å². The molecule has 2 N–H and O–H groups in total. The molecule has 1 aliphatic heterocycles. The molecular weight excluding hydrogens is 477 g/mol. The van der Waals surface area contributed by atoms with Crippen molar-refractivity contribution in [2.45, 2.75) is 45.7 Å². The van der Waals surface area contributed by atoms with Gasteiger partial charge in [0.2, 0.25) is 0 Å². The maximum atomic E-state index is 5.97. The molecule has 0 aliphatic carbocycles. The van der Waals surface area contributed by atoms with Crippen LogP contribution in [0.25, 0.3) is 0 Å². The molecule has 7 heteroatoms. The zero-order valence-corrected chi connectivity index (χ0v) is 20.9. The average molecular weight is 518 g/mol. The van der Waals surface area contributed by atoms with Crippen molar-refractivity contribution in [2.75, 3.05) is 53.4 Å². The molecule has 1 fully saturated rings. The molecule has 1 heterocycles. The maximum Gasteiger partial charge on any atom is 0.191 e. The van der Waals surface area contributed by atoms with Crippen LogP contribution in [0.2, 0.25) is 0 Å². The summed E-state index contributed by atoms with van der Waals surface area (Å²) in [6, 6.07) is 8.70. The van der Waals surface area contributed by atoms with E-state index in [0.29, 0.717) is 19.2 Å². The van der Waals surface area contributed by atoms with Crippen molar-refractivity contribution < 1.29 is 4.74 Å². The van der Waals surface area contributed by atoms with E-state index in [0.717, 1.165) is 30.4 Å². The van der Waals surface area contributed by atoms with Crippen LogP contribution in [0, 0.1) is 0 Å². The fraction of sp³-hybridized carbons (Fsp3) is 0.682. The molecule has 1 aromatic rings. The van der Waals surface area contributed by atoms with Gasteiger partial charge in [-0.1, -0.05) is 25.1 Å². The second kappa shape index (κ2) is 14.8. The summed E-state index contributed by atoms with van der Waals surface area (Å²) in [6.45, 7) is 11.0. The third kappa shape index (κ3) is 10.00. The predicted octanol–water partition coefficient (Wildman–Crippen LogP) is 3.17. The first-order chi connectivity index (χ1) is 13.6. The number of rotatable bonds is 10. The fourth-order valence-corrected chi connectivity index (χ4v) is 3.41. The third-order valence-corrected chi connectivity index (χ3v) is 4.99. The number of benzene rings is 1. The lowest BCUT2D eigenvalue weighted by Gasteiger charge is -2.32. The Morgan fingerprint density at radius 3 is 2.59 bits per heavy atom.